The highest BCUT2D eigenvalue weighted by Gasteiger charge is 2.40. The molecule has 2 aromatic carbocycles. The fourth-order valence-corrected chi connectivity index (χ4v) is 3.30. The molecule has 2 amide bonds. The number of amides is 2. The fraction of sp³-hybridized carbons (Fsp3) is 0.273. The van der Waals surface area contributed by atoms with Gasteiger partial charge in [-0.1, -0.05) is 49.4 Å². The maximum Gasteiger partial charge on any atom is 0.277 e. The lowest BCUT2D eigenvalue weighted by atomic mass is 10.0. The Hall–Kier alpha value is -3.08. The Morgan fingerprint density at radius 3 is 2.22 bits per heavy atom. The van der Waals surface area contributed by atoms with Crippen LogP contribution in [-0.2, 0) is 16.1 Å². The SMILES string of the molecule is CCCN1C(=O)C(c2ccc(OC)cc2)=C(N(C)Cc2ccccc2)C1=O. The van der Waals surface area contributed by atoms with Crippen molar-refractivity contribution >= 4 is 17.4 Å². The monoisotopic (exact) mass is 364 g/mol. The Balaban J connectivity index is 2.02. The van der Waals surface area contributed by atoms with Gasteiger partial charge in [0.05, 0.1) is 12.7 Å². The molecule has 0 atom stereocenters. The molecule has 1 aliphatic heterocycles. The van der Waals surface area contributed by atoms with Gasteiger partial charge in [-0.15, -0.1) is 0 Å². The van der Waals surface area contributed by atoms with Gasteiger partial charge in [-0.25, -0.2) is 0 Å². The Kier molecular flexibility index (Phi) is 5.60. The minimum Gasteiger partial charge on any atom is -0.497 e. The number of carbonyl (C=O) groups is 2. The largest absolute Gasteiger partial charge is 0.497 e. The van der Waals surface area contributed by atoms with E-state index in [0.29, 0.717) is 30.1 Å². The molecule has 0 N–H and O–H groups in total. The predicted molar refractivity (Wildman–Crippen MR) is 105 cm³/mol. The summed E-state index contributed by atoms with van der Waals surface area (Å²) in [6.45, 7) is 2.92. The van der Waals surface area contributed by atoms with Crippen LogP contribution in [0.4, 0.5) is 0 Å². The molecule has 0 fully saturated rings. The van der Waals surface area contributed by atoms with Crippen molar-refractivity contribution in [2.24, 2.45) is 0 Å². The second-order valence-corrected chi connectivity index (χ2v) is 6.56. The van der Waals surface area contributed by atoms with E-state index in [9.17, 15) is 9.59 Å². The third-order valence-corrected chi connectivity index (χ3v) is 4.61. The van der Waals surface area contributed by atoms with Gasteiger partial charge >= 0.3 is 0 Å². The van der Waals surface area contributed by atoms with E-state index in [1.54, 1.807) is 19.2 Å². The van der Waals surface area contributed by atoms with E-state index in [0.717, 1.165) is 17.5 Å². The number of carbonyl (C=O) groups excluding carboxylic acids is 2. The Bertz CT molecular complexity index is 857. The third kappa shape index (κ3) is 3.72. The van der Waals surface area contributed by atoms with E-state index in [1.165, 1.54) is 4.90 Å². The van der Waals surface area contributed by atoms with Crippen LogP contribution >= 0.6 is 0 Å². The minimum atomic E-state index is -0.234. The number of nitrogens with zero attached hydrogens (tertiary/aromatic N) is 2. The normalized spacial score (nSPS) is 14.1. The van der Waals surface area contributed by atoms with Crippen LogP contribution < -0.4 is 4.74 Å². The summed E-state index contributed by atoms with van der Waals surface area (Å²) >= 11 is 0. The first kappa shape index (κ1) is 18.7. The van der Waals surface area contributed by atoms with Crippen LogP contribution in [0.25, 0.3) is 5.57 Å². The number of hydrogen-bond acceptors (Lipinski definition) is 4. The molecule has 0 aromatic heterocycles. The zero-order valence-corrected chi connectivity index (χ0v) is 15.9. The third-order valence-electron chi connectivity index (χ3n) is 4.61. The topological polar surface area (TPSA) is 49.9 Å². The summed E-state index contributed by atoms with van der Waals surface area (Å²) in [5.41, 5.74) is 2.70. The number of imide groups is 1. The number of hydrogen-bond donors (Lipinski definition) is 0. The lowest BCUT2D eigenvalue weighted by molar-refractivity contribution is -0.137. The molecule has 0 saturated carbocycles. The van der Waals surface area contributed by atoms with Gasteiger partial charge in [0.2, 0.25) is 0 Å². The average Bonchev–Trinajstić information content (AvgIpc) is 2.94. The highest BCUT2D eigenvalue weighted by atomic mass is 16.5. The van der Waals surface area contributed by atoms with Crippen molar-refractivity contribution in [3.63, 3.8) is 0 Å². The number of benzene rings is 2. The van der Waals surface area contributed by atoms with Crippen molar-refractivity contribution in [3.05, 3.63) is 71.4 Å². The van der Waals surface area contributed by atoms with E-state index in [-0.39, 0.29) is 11.8 Å². The summed E-state index contributed by atoms with van der Waals surface area (Å²) in [5, 5.41) is 0. The highest BCUT2D eigenvalue weighted by molar-refractivity contribution is 6.35. The lowest BCUT2D eigenvalue weighted by Crippen LogP contribution is -2.34. The summed E-state index contributed by atoms with van der Waals surface area (Å²) in [5.74, 6) is 0.244. The summed E-state index contributed by atoms with van der Waals surface area (Å²) in [4.78, 5) is 29.3. The van der Waals surface area contributed by atoms with Crippen LogP contribution in [-0.4, -0.2) is 42.3 Å². The first-order valence-corrected chi connectivity index (χ1v) is 9.06. The van der Waals surface area contributed by atoms with Gasteiger partial charge in [0.25, 0.3) is 11.8 Å². The highest BCUT2D eigenvalue weighted by Crippen LogP contribution is 2.32. The fourth-order valence-electron chi connectivity index (χ4n) is 3.30. The summed E-state index contributed by atoms with van der Waals surface area (Å²) in [6, 6.07) is 17.2. The van der Waals surface area contributed by atoms with Gasteiger partial charge in [0.1, 0.15) is 11.4 Å². The van der Waals surface area contributed by atoms with Crippen molar-refractivity contribution in [3.8, 4) is 5.75 Å². The molecule has 0 saturated heterocycles. The van der Waals surface area contributed by atoms with E-state index in [2.05, 4.69) is 0 Å². The molecular weight excluding hydrogens is 340 g/mol. The summed E-state index contributed by atoms with van der Waals surface area (Å²) < 4.78 is 5.20. The van der Waals surface area contributed by atoms with E-state index in [4.69, 9.17) is 4.74 Å². The second-order valence-electron chi connectivity index (χ2n) is 6.56. The van der Waals surface area contributed by atoms with Gasteiger partial charge in [-0.2, -0.15) is 0 Å². The Morgan fingerprint density at radius 2 is 1.63 bits per heavy atom. The zero-order valence-electron chi connectivity index (χ0n) is 15.9. The van der Waals surface area contributed by atoms with Crippen LogP contribution in [0, 0.1) is 0 Å². The van der Waals surface area contributed by atoms with Gasteiger partial charge in [0, 0.05) is 20.1 Å². The smallest absolute Gasteiger partial charge is 0.277 e. The molecule has 140 valence electrons. The van der Waals surface area contributed by atoms with E-state index < -0.39 is 0 Å². The number of methoxy groups -OCH3 is 1. The molecule has 3 rings (SSSR count). The van der Waals surface area contributed by atoms with Crippen LogP contribution in [0.5, 0.6) is 5.75 Å². The average molecular weight is 364 g/mol. The quantitative estimate of drug-likeness (QED) is 0.707. The van der Waals surface area contributed by atoms with E-state index in [1.807, 2.05) is 61.3 Å². The molecule has 5 nitrogen and oxygen atoms in total. The maximum atomic E-state index is 13.0. The van der Waals surface area contributed by atoms with Crippen molar-refractivity contribution < 1.29 is 14.3 Å². The van der Waals surface area contributed by atoms with Crippen LogP contribution in [0.2, 0.25) is 0 Å². The molecule has 1 heterocycles. The molecule has 0 bridgehead atoms. The number of likely N-dealkylation sites (N-methyl/N-ethyl adjacent to an activating group) is 1. The summed E-state index contributed by atoms with van der Waals surface area (Å²) in [7, 11) is 3.45. The molecule has 0 spiro atoms. The molecule has 1 aliphatic rings. The number of rotatable bonds is 7. The van der Waals surface area contributed by atoms with Gasteiger partial charge in [0.15, 0.2) is 0 Å². The second kappa shape index (κ2) is 8.08. The minimum absolute atomic E-state index is 0.230. The molecule has 27 heavy (non-hydrogen) atoms. The molecule has 5 heteroatoms. The van der Waals surface area contributed by atoms with Crippen molar-refractivity contribution in [2.75, 3.05) is 20.7 Å². The van der Waals surface area contributed by atoms with Gasteiger partial charge in [-0.3, -0.25) is 14.5 Å². The van der Waals surface area contributed by atoms with Gasteiger partial charge < -0.3 is 9.64 Å². The first-order valence-electron chi connectivity index (χ1n) is 9.06. The molecule has 0 aliphatic carbocycles. The van der Waals surface area contributed by atoms with Gasteiger partial charge in [-0.05, 0) is 29.7 Å². The summed E-state index contributed by atoms with van der Waals surface area (Å²) in [6.07, 6.45) is 0.725. The Morgan fingerprint density at radius 1 is 0.963 bits per heavy atom. The maximum absolute atomic E-state index is 13.0. The molecule has 0 unspecified atom stereocenters. The predicted octanol–water partition coefficient (Wildman–Crippen LogP) is 3.32. The molecular formula is C22H24N2O3. The standard InChI is InChI=1S/C22H24N2O3/c1-4-14-24-21(25)19(17-10-12-18(27-3)13-11-17)20(22(24)26)23(2)15-16-8-6-5-7-9-16/h5-13H,4,14-15H2,1-3H3. The van der Waals surface area contributed by atoms with Crippen LogP contribution in [0.1, 0.15) is 24.5 Å². The number of ether oxygens (including phenoxy) is 1. The van der Waals surface area contributed by atoms with Crippen molar-refractivity contribution in [1.29, 1.82) is 0 Å². The van der Waals surface area contributed by atoms with Crippen LogP contribution in [0.3, 0.4) is 0 Å². The van der Waals surface area contributed by atoms with Crippen molar-refractivity contribution in [2.45, 2.75) is 19.9 Å². The van der Waals surface area contributed by atoms with Crippen LogP contribution in [0.15, 0.2) is 60.3 Å². The van der Waals surface area contributed by atoms with Crippen molar-refractivity contribution in [1.82, 2.24) is 9.80 Å². The lowest BCUT2D eigenvalue weighted by Gasteiger charge is -2.21. The Labute approximate surface area is 159 Å². The molecule has 0 radical (unpaired) electrons. The molecule has 2 aromatic rings. The van der Waals surface area contributed by atoms with E-state index >= 15 is 0 Å². The zero-order chi connectivity index (χ0) is 19.4. The first-order chi connectivity index (χ1) is 13.1.